The van der Waals surface area contributed by atoms with Crippen LogP contribution in [0.15, 0.2) is 28.1 Å². The summed E-state index contributed by atoms with van der Waals surface area (Å²) in [6.45, 7) is 6.84. The van der Waals surface area contributed by atoms with Gasteiger partial charge in [-0.2, -0.15) is 0 Å². The first kappa shape index (κ1) is 14.9. The maximum absolute atomic E-state index is 12.1. The van der Waals surface area contributed by atoms with Gasteiger partial charge in [-0.05, 0) is 37.1 Å². The summed E-state index contributed by atoms with van der Waals surface area (Å²) in [5.41, 5.74) is 1.17. The number of carboxylic acids is 1. The Labute approximate surface area is 114 Å². The van der Waals surface area contributed by atoms with Crippen LogP contribution in [0, 0.1) is 13.8 Å². The van der Waals surface area contributed by atoms with E-state index in [4.69, 9.17) is 5.11 Å². The number of benzene rings is 1. The molecule has 0 spiro atoms. The van der Waals surface area contributed by atoms with Crippen LogP contribution >= 0.6 is 15.9 Å². The molecule has 0 aliphatic rings. The number of aryl methyl sites for hydroxylation is 1. The Balaban J connectivity index is 3.49. The average Bonchev–Trinajstić information content (AvgIpc) is 2.19. The summed E-state index contributed by atoms with van der Waals surface area (Å²) in [6.07, 6.45) is 0. The molecule has 18 heavy (non-hydrogen) atoms. The summed E-state index contributed by atoms with van der Waals surface area (Å²) < 4.78 is 24.5. The lowest BCUT2D eigenvalue weighted by molar-refractivity contribution is 0.0696. The van der Waals surface area contributed by atoms with Crippen molar-refractivity contribution >= 4 is 31.7 Å². The van der Waals surface area contributed by atoms with Crippen molar-refractivity contribution in [3.8, 4) is 0 Å². The second-order valence-corrected chi connectivity index (χ2v) is 7.08. The van der Waals surface area contributed by atoms with Crippen LogP contribution in [0.1, 0.15) is 21.5 Å². The third-order valence-electron chi connectivity index (χ3n) is 2.55. The molecule has 0 radical (unpaired) electrons. The Morgan fingerprint density at radius 2 is 1.94 bits per heavy atom. The molecule has 0 aliphatic heterocycles. The molecule has 4 nitrogen and oxygen atoms in total. The molecule has 0 saturated carbocycles. The maximum Gasteiger partial charge on any atom is 0.335 e. The smallest absolute Gasteiger partial charge is 0.335 e. The number of aromatic carboxylic acids is 1. The summed E-state index contributed by atoms with van der Waals surface area (Å²) in [6, 6.07) is 2.65. The van der Waals surface area contributed by atoms with Gasteiger partial charge in [0.15, 0.2) is 9.84 Å². The number of carbonyl (C=O) groups is 1. The standard InChI is InChI=1S/C12H13BrO4S/c1-7-4-10(12(14)15)5-11(9(7)3)18(16,17)6-8(2)13/h4-5H,2,6H2,1,3H3,(H,14,15). The molecule has 6 heteroatoms. The highest BCUT2D eigenvalue weighted by Gasteiger charge is 2.21. The molecule has 1 rings (SSSR count). The van der Waals surface area contributed by atoms with E-state index >= 15 is 0 Å². The van der Waals surface area contributed by atoms with Crippen molar-refractivity contribution in [2.24, 2.45) is 0 Å². The summed E-state index contributed by atoms with van der Waals surface area (Å²) in [4.78, 5) is 11.0. The van der Waals surface area contributed by atoms with Gasteiger partial charge in [-0.25, -0.2) is 13.2 Å². The molecule has 0 heterocycles. The van der Waals surface area contributed by atoms with Crippen LogP contribution in [-0.2, 0) is 9.84 Å². The third kappa shape index (κ3) is 3.20. The zero-order chi connectivity index (χ0) is 14.1. The second-order valence-electron chi connectivity index (χ2n) is 4.00. The van der Waals surface area contributed by atoms with E-state index in [0.717, 1.165) is 0 Å². The minimum Gasteiger partial charge on any atom is -0.478 e. The molecule has 1 aromatic rings. The Bertz CT molecular complexity index is 617. The summed E-state index contributed by atoms with van der Waals surface area (Å²) in [5.74, 6) is -1.40. The number of rotatable bonds is 4. The normalized spacial score (nSPS) is 11.3. The lowest BCUT2D eigenvalue weighted by atomic mass is 10.1. The van der Waals surface area contributed by atoms with Gasteiger partial charge >= 0.3 is 5.97 Å². The SMILES string of the molecule is C=C(Br)CS(=O)(=O)c1cc(C(=O)O)cc(C)c1C. The summed E-state index contributed by atoms with van der Waals surface area (Å²) in [5, 5.41) is 8.95. The zero-order valence-electron chi connectivity index (χ0n) is 10.0. The second kappa shape index (κ2) is 5.24. The van der Waals surface area contributed by atoms with Crippen molar-refractivity contribution in [2.45, 2.75) is 18.7 Å². The largest absolute Gasteiger partial charge is 0.478 e. The molecule has 0 saturated heterocycles. The fraction of sp³-hybridized carbons (Fsp3) is 0.250. The average molecular weight is 333 g/mol. The van der Waals surface area contributed by atoms with Crippen molar-refractivity contribution in [3.05, 3.63) is 39.9 Å². The molecule has 0 aliphatic carbocycles. The summed E-state index contributed by atoms with van der Waals surface area (Å²) in [7, 11) is -3.58. The molecular weight excluding hydrogens is 320 g/mol. The van der Waals surface area contributed by atoms with Crippen molar-refractivity contribution in [3.63, 3.8) is 0 Å². The van der Waals surface area contributed by atoms with Gasteiger partial charge in [-0.15, -0.1) is 0 Å². The lowest BCUT2D eigenvalue weighted by Crippen LogP contribution is -2.11. The van der Waals surface area contributed by atoms with Gasteiger partial charge in [-0.3, -0.25) is 0 Å². The minimum absolute atomic E-state index is 0.0307. The molecule has 1 N–H and O–H groups in total. The number of hydrogen-bond acceptors (Lipinski definition) is 3. The molecular formula is C12H13BrO4S. The van der Waals surface area contributed by atoms with E-state index in [0.29, 0.717) is 15.6 Å². The van der Waals surface area contributed by atoms with Crippen LogP contribution in [0.25, 0.3) is 0 Å². The van der Waals surface area contributed by atoms with Crippen molar-refractivity contribution in [2.75, 3.05) is 5.75 Å². The van der Waals surface area contributed by atoms with Crippen molar-refractivity contribution in [1.29, 1.82) is 0 Å². The van der Waals surface area contributed by atoms with Crippen LogP contribution in [0.4, 0.5) is 0 Å². The van der Waals surface area contributed by atoms with Crippen LogP contribution in [0.2, 0.25) is 0 Å². The van der Waals surface area contributed by atoms with Gasteiger partial charge in [-0.1, -0.05) is 22.5 Å². The monoisotopic (exact) mass is 332 g/mol. The number of halogens is 1. The molecule has 0 atom stereocenters. The van der Waals surface area contributed by atoms with Gasteiger partial charge < -0.3 is 5.11 Å². The van der Waals surface area contributed by atoms with Crippen molar-refractivity contribution < 1.29 is 18.3 Å². The predicted molar refractivity (Wildman–Crippen MR) is 73.0 cm³/mol. The maximum atomic E-state index is 12.1. The van der Waals surface area contributed by atoms with Gasteiger partial charge in [0.25, 0.3) is 0 Å². The Hall–Kier alpha value is -1.14. The molecule has 1 aromatic carbocycles. The number of hydrogen-bond donors (Lipinski definition) is 1. The summed E-state index contributed by atoms with van der Waals surface area (Å²) >= 11 is 3.01. The van der Waals surface area contributed by atoms with E-state index < -0.39 is 15.8 Å². The van der Waals surface area contributed by atoms with E-state index in [1.54, 1.807) is 13.8 Å². The van der Waals surface area contributed by atoms with Crippen LogP contribution in [0.3, 0.4) is 0 Å². The molecule has 0 unspecified atom stereocenters. The van der Waals surface area contributed by atoms with E-state index in [-0.39, 0.29) is 16.2 Å². The fourth-order valence-electron chi connectivity index (χ4n) is 1.56. The topological polar surface area (TPSA) is 71.4 Å². The van der Waals surface area contributed by atoms with E-state index in [9.17, 15) is 13.2 Å². The van der Waals surface area contributed by atoms with Crippen LogP contribution in [-0.4, -0.2) is 25.2 Å². The predicted octanol–water partition coefficient (Wildman–Crippen LogP) is 2.68. The van der Waals surface area contributed by atoms with Crippen LogP contribution < -0.4 is 0 Å². The molecule has 98 valence electrons. The number of carboxylic acid groups (broad SMARTS) is 1. The zero-order valence-corrected chi connectivity index (χ0v) is 12.4. The van der Waals surface area contributed by atoms with Crippen molar-refractivity contribution in [1.82, 2.24) is 0 Å². The minimum atomic E-state index is -3.58. The quantitative estimate of drug-likeness (QED) is 0.920. The lowest BCUT2D eigenvalue weighted by Gasteiger charge is -2.11. The first-order valence-electron chi connectivity index (χ1n) is 5.05. The van der Waals surface area contributed by atoms with E-state index in [1.165, 1.54) is 12.1 Å². The van der Waals surface area contributed by atoms with Gasteiger partial charge in [0, 0.05) is 4.48 Å². The highest BCUT2D eigenvalue weighted by molar-refractivity contribution is 9.11. The molecule has 0 amide bonds. The first-order chi connectivity index (χ1) is 8.15. The van der Waals surface area contributed by atoms with Gasteiger partial charge in [0.1, 0.15) is 0 Å². The number of sulfone groups is 1. The highest BCUT2D eigenvalue weighted by Crippen LogP contribution is 2.24. The molecule has 0 bridgehead atoms. The Morgan fingerprint density at radius 1 is 1.39 bits per heavy atom. The Kier molecular flexibility index (Phi) is 4.34. The Morgan fingerprint density at radius 3 is 2.39 bits per heavy atom. The van der Waals surface area contributed by atoms with Crippen LogP contribution in [0.5, 0.6) is 0 Å². The van der Waals surface area contributed by atoms with E-state index in [2.05, 4.69) is 22.5 Å². The van der Waals surface area contributed by atoms with Gasteiger partial charge in [0.05, 0.1) is 16.2 Å². The molecule has 0 aromatic heterocycles. The molecule has 0 fully saturated rings. The first-order valence-corrected chi connectivity index (χ1v) is 7.50. The van der Waals surface area contributed by atoms with E-state index in [1.807, 2.05) is 0 Å². The fourth-order valence-corrected chi connectivity index (χ4v) is 3.96. The highest BCUT2D eigenvalue weighted by atomic mass is 79.9. The van der Waals surface area contributed by atoms with Gasteiger partial charge in [0.2, 0.25) is 0 Å². The third-order valence-corrected chi connectivity index (χ3v) is 5.02.